The second-order valence-corrected chi connectivity index (χ2v) is 5.31. The van der Waals surface area contributed by atoms with Crippen molar-refractivity contribution < 1.29 is 4.79 Å². The van der Waals surface area contributed by atoms with E-state index in [0.717, 1.165) is 36.1 Å². The highest BCUT2D eigenvalue weighted by atomic mass is 16.1. The molecule has 0 saturated heterocycles. The molecule has 0 fully saturated rings. The van der Waals surface area contributed by atoms with Crippen LogP contribution in [0.1, 0.15) is 39.5 Å². The molecule has 23 heavy (non-hydrogen) atoms. The van der Waals surface area contributed by atoms with Crippen LogP contribution in [0.5, 0.6) is 0 Å². The van der Waals surface area contributed by atoms with E-state index in [-0.39, 0.29) is 5.78 Å². The number of hydrogen-bond donors (Lipinski definition) is 1. The van der Waals surface area contributed by atoms with Gasteiger partial charge >= 0.3 is 0 Å². The zero-order chi connectivity index (χ0) is 16.9. The molecule has 0 spiro atoms. The zero-order valence-electron chi connectivity index (χ0n) is 14.3. The fraction of sp³-hybridized carbons (Fsp3) is 0.333. The number of carbonyl (C=O) groups excluding carboxylic acids is 1. The second-order valence-electron chi connectivity index (χ2n) is 5.31. The first-order valence-corrected chi connectivity index (χ1v) is 8.28. The monoisotopic (exact) mass is 309 g/mol. The van der Waals surface area contributed by atoms with Crippen molar-refractivity contribution >= 4 is 5.78 Å². The first-order chi connectivity index (χ1) is 11.2. The van der Waals surface area contributed by atoms with Gasteiger partial charge in [-0.2, -0.15) is 0 Å². The van der Waals surface area contributed by atoms with Crippen molar-refractivity contribution in [2.24, 2.45) is 0 Å². The Labute approximate surface area is 140 Å². The van der Waals surface area contributed by atoms with Crippen molar-refractivity contribution in [2.45, 2.75) is 39.5 Å². The molecule has 1 rings (SSSR count). The summed E-state index contributed by atoms with van der Waals surface area (Å²) >= 11 is 0. The summed E-state index contributed by atoms with van der Waals surface area (Å²) in [4.78, 5) is 12.4. The van der Waals surface area contributed by atoms with Crippen LogP contribution in [0.25, 0.3) is 0 Å². The second kappa shape index (κ2) is 11.3. The van der Waals surface area contributed by atoms with Crippen LogP contribution < -0.4 is 5.32 Å². The normalized spacial score (nSPS) is 19.3. The molecule has 1 aliphatic rings. The van der Waals surface area contributed by atoms with Gasteiger partial charge in [0, 0.05) is 24.7 Å². The van der Waals surface area contributed by atoms with Crippen LogP contribution in [0.3, 0.4) is 0 Å². The third-order valence-corrected chi connectivity index (χ3v) is 3.41. The van der Waals surface area contributed by atoms with E-state index in [2.05, 4.69) is 24.6 Å². The molecule has 0 aliphatic carbocycles. The van der Waals surface area contributed by atoms with Gasteiger partial charge in [0.15, 0.2) is 5.78 Å². The molecule has 0 amide bonds. The molecular formula is C21H27NO. The van der Waals surface area contributed by atoms with E-state index in [0.29, 0.717) is 12.8 Å². The predicted molar refractivity (Wildman–Crippen MR) is 99.1 cm³/mol. The van der Waals surface area contributed by atoms with Gasteiger partial charge in [-0.3, -0.25) is 4.79 Å². The fourth-order valence-corrected chi connectivity index (χ4v) is 2.14. The Bertz CT molecular complexity index is 593. The Morgan fingerprint density at radius 3 is 2.96 bits per heavy atom. The quantitative estimate of drug-likeness (QED) is 0.409. The lowest BCUT2D eigenvalue weighted by molar-refractivity contribution is -0.115. The largest absolute Gasteiger partial charge is 0.387 e. The minimum absolute atomic E-state index is 0.182. The Morgan fingerprint density at radius 2 is 2.22 bits per heavy atom. The zero-order valence-corrected chi connectivity index (χ0v) is 14.3. The van der Waals surface area contributed by atoms with Gasteiger partial charge in [-0.25, -0.2) is 0 Å². The summed E-state index contributed by atoms with van der Waals surface area (Å²) in [6.45, 7) is 8.94. The molecular weight excluding hydrogens is 282 g/mol. The lowest BCUT2D eigenvalue weighted by Gasteiger charge is -2.09. The maximum atomic E-state index is 12.4. The van der Waals surface area contributed by atoms with Crippen LogP contribution in [0, 0.1) is 0 Å². The molecule has 0 bridgehead atoms. The Kier molecular flexibility index (Phi) is 9.19. The van der Waals surface area contributed by atoms with Crippen molar-refractivity contribution in [3.05, 3.63) is 77.8 Å². The molecule has 2 nitrogen and oxygen atoms in total. The van der Waals surface area contributed by atoms with Crippen LogP contribution in [0.4, 0.5) is 0 Å². The van der Waals surface area contributed by atoms with E-state index in [1.165, 1.54) is 0 Å². The van der Waals surface area contributed by atoms with Gasteiger partial charge in [-0.15, -0.1) is 5.73 Å². The summed E-state index contributed by atoms with van der Waals surface area (Å²) in [7, 11) is 0. The Morgan fingerprint density at radius 1 is 1.39 bits per heavy atom. The molecule has 0 radical (unpaired) electrons. The third kappa shape index (κ3) is 7.49. The third-order valence-electron chi connectivity index (χ3n) is 3.41. The average Bonchev–Trinajstić information content (AvgIpc) is 2.56. The maximum absolute atomic E-state index is 12.4. The predicted octanol–water partition coefficient (Wildman–Crippen LogP) is 4.95. The van der Waals surface area contributed by atoms with Crippen LogP contribution >= 0.6 is 0 Å². The highest BCUT2D eigenvalue weighted by Gasteiger charge is 2.09. The summed E-state index contributed by atoms with van der Waals surface area (Å²) in [6, 6.07) is 0. The van der Waals surface area contributed by atoms with Crippen LogP contribution in [0.2, 0.25) is 0 Å². The highest BCUT2D eigenvalue weighted by Crippen LogP contribution is 2.17. The molecule has 0 aromatic heterocycles. The van der Waals surface area contributed by atoms with Gasteiger partial charge in [0.25, 0.3) is 0 Å². The number of allylic oxidation sites excluding steroid dienone is 8. The number of Topliss-reactive ketones (excluding diaryl/α,β-unsaturated/α-hetero) is 1. The maximum Gasteiger partial charge on any atom is 0.162 e. The van der Waals surface area contributed by atoms with Crippen molar-refractivity contribution in [1.29, 1.82) is 0 Å². The summed E-state index contributed by atoms with van der Waals surface area (Å²) < 4.78 is 0. The topological polar surface area (TPSA) is 29.1 Å². The molecule has 122 valence electrons. The van der Waals surface area contributed by atoms with E-state index in [9.17, 15) is 4.79 Å². The number of hydrogen-bond acceptors (Lipinski definition) is 2. The van der Waals surface area contributed by atoms with Gasteiger partial charge < -0.3 is 5.32 Å². The van der Waals surface area contributed by atoms with E-state index in [1.807, 2.05) is 55.7 Å². The summed E-state index contributed by atoms with van der Waals surface area (Å²) in [5, 5.41) is 3.23. The first kappa shape index (κ1) is 18.7. The lowest BCUT2D eigenvalue weighted by atomic mass is 9.98. The molecule has 2 heteroatoms. The van der Waals surface area contributed by atoms with Crippen molar-refractivity contribution in [3.63, 3.8) is 0 Å². The van der Waals surface area contributed by atoms with E-state index in [1.54, 1.807) is 0 Å². The SMILES string of the molecule is C=C1C=C=C/C=C\CN/C=C\1CCC(=O)C(/C=C\CC)=C/CC. The number of rotatable bonds is 7. The molecule has 0 aromatic rings. The molecule has 1 N–H and O–H groups in total. The van der Waals surface area contributed by atoms with Gasteiger partial charge in [0.05, 0.1) is 0 Å². The van der Waals surface area contributed by atoms with Crippen molar-refractivity contribution in [3.8, 4) is 0 Å². The first-order valence-electron chi connectivity index (χ1n) is 8.28. The van der Waals surface area contributed by atoms with Crippen molar-refractivity contribution in [1.82, 2.24) is 5.32 Å². The molecule has 0 unspecified atom stereocenters. The minimum Gasteiger partial charge on any atom is -0.387 e. The molecule has 1 aliphatic heterocycles. The van der Waals surface area contributed by atoms with Gasteiger partial charge in [-0.1, -0.05) is 50.8 Å². The average molecular weight is 309 g/mol. The Balaban J connectivity index is 2.75. The van der Waals surface area contributed by atoms with E-state index >= 15 is 0 Å². The van der Waals surface area contributed by atoms with E-state index < -0.39 is 0 Å². The van der Waals surface area contributed by atoms with Crippen LogP contribution in [-0.4, -0.2) is 12.3 Å². The summed E-state index contributed by atoms with van der Waals surface area (Å²) in [5.74, 6) is 0.182. The number of nitrogens with one attached hydrogen (secondary N) is 1. The van der Waals surface area contributed by atoms with Crippen LogP contribution in [0.15, 0.2) is 77.8 Å². The van der Waals surface area contributed by atoms with Gasteiger partial charge in [0.1, 0.15) is 0 Å². The smallest absolute Gasteiger partial charge is 0.162 e. The molecule has 0 saturated carbocycles. The van der Waals surface area contributed by atoms with E-state index in [4.69, 9.17) is 0 Å². The van der Waals surface area contributed by atoms with Gasteiger partial charge in [-0.05, 0) is 42.6 Å². The minimum atomic E-state index is 0.182. The van der Waals surface area contributed by atoms with Crippen molar-refractivity contribution in [2.75, 3.05) is 6.54 Å². The molecule has 1 heterocycles. The summed E-state index contributed by atoms with van der Waals surface area (Å²) in [5.41, 5.74) is 5.83. The fourth-order valence-electron chi connectivity index (χ4n) is 2.14. The standard InChI is InChI=1S/C21H27NO/c1-4-6-13-19(11-5-2)21(23)15-14-20-17-22-16-10-8-7-9-12-18(20)3/h6-8,10-13,17,22H,3-5,14-16H2,1-2H3/b10-8-,13-6-,19-11+,20-17-. The van der Waals surface area contributed by atoms with Crippen LogP contribution in [-0.2, 0) is 4.79 Å². The Hall–Kier alpha value is -2.31. The number of ketones is 1. The number of carbonyl (C=O) groups is 1. The lowest BCUT2D eigenvalue weighted by Crippen LogP contribution is -2.08. The molecule has 0 aromatic carbocycles. The van der Waals surface area contributed by atoms with Gasteiger partial charge in [0.2, 0.25) is 0 Å². The highest BCUT2D eigenvalue weighted by molar-refractivity contribution is 5.98. The molecule has 0 atom stereocenters. The summed E-state index contributed by atoms with van der Waals surface area (Å²) in [6.07, 6.45) is 18.6.